The summed E-state index contributed by atoms with van der Waals surface area (Å²) in [6.45, 7) is 4.33. The predicted octanol–water partition coefficient (Wildman–Crippen LogP) is 4.09. The van der Waals surface area contributed by atoms with Gasteiger partial charge in [-0.3, -0.25) is 0 Å². The van der Waals surface area contributed by atoms with Crippen LogP contribution in [-0.4, -0.2) is 50.2 Å². The smallest absolute Gasteiger partial charge is 0.333 e. The highest BCUT2D eigenvalue weighted by atomic mass is 16.5. The molecule has 1 aliphatic rings. The molecule has 3 unspecified atom stereocenters. The molecular weight excluding hydrogens is 396 g/mol. The van der Waals surface area contributed by atoms with Crippen molar-refractivity contribution in [2.45, 2.75) is 37.9 Å². The second-order valence-corrected chi connectivity index (χ2v) is 7.02. The van der Waals surface area contributed by atoms with Gasteiger partial charge < -0.3 is 24.1 Å². The van der Waals surface area contributed by atoms with Gasteiger partial charge in [0.2, 0.25) is 0 Å². The molecule has 6 heteroatoms. The highest BCUT2D eigenvalue weighted by Gasteiger charge is 2.28. The Morgan fingerprint density at radius 2 is 2.03 bits per heavy atom. The highest BCUT2D eigenvalue weighted by molar-refractivity contribution is 5.73. The lowest BCUT2D eigenvalue weighted by Crippen LogP contribution is -2.29. The molecule has 1 N–H and O–H groups in total. The van der Waals surface area contributed by atoms with E-state index in [4.69, 9.17) is 18.9 Å². The summed E-state index contributed by atoms with van der Waals surface area (Å²) in [5.74, 6) is 6.39. The second kappa shape index (κ2) is 12.0. The van der Waals surface area contributed by atoms with Gasteiger partial charge >= 0.3 is 5.97 Å². The van der Waals surface area contributed by atoms with Gasteiger partial charge in [0.05, 0.1) is 12.9 Å². The number of carboxylic acid groups (broad SMARTS) is 1. The molecule has 1 aromatic carbocycles. The van der Waals surface area contributed by atoms with Gasteiger partial charge in [-0.2, -0.15) is 0 Å². The summed E-state index contributed by atoms with van der Waals surface area (Å²) in [5, 5.41) is 9.33. The van der Waals surface area contributed by atoms with Gasteiger partial charge in [0.25, 0.3) is 0 Å². The van der Waals surface area contributed by atoms with Gasteiger partial charge in [0, 0.05) is 26.1 Å². The van der Waals surface area contributed by atoms with Crippen molar-refractivity contribution in [1.29, 1.82) is 0 Å². The monoisotopic (exact) mass is 426 g/mol. The van der Waals surface area contributed by atoms with Crippen molar-refractivity contribution in [3.05, 3.63) is 66.0 Å². The number of allylic oxidation sites excluding steroid dienone is 3. The van der Waals surface area contributed by atoms with E-state index in [-0.39, 0.29) is 5.92 Å². The summed E-state index contributed by atoms with van der Waals surface area (Å²) in [6, 6.07) is 7.36. The summed E-state index contributed by atoms with van der Waals surface area (Å²) in [5.41, 5.74) is 0.192. The zero-order chi connectivity index (χ0) is 22.7. The highest BCUT2D eigenvalue weighted by Crippen LogP contribution is 2.26. The van der Waals surface area contributed by atoms with Crippen molar-refractivity contribution in [2.24, 2.45) is 0 Å². The average molecular weight is 427 g/mol. The zero-order valence-electron chi connectivity index (χ0n) is 18.5. The zero-order valence-corrected chi connectivity index (χ0v) is 18.5. The molecule has 1 aliphatic carbocycles. The van der Waals surface area contributed by atoms with Crippen LogP contribution in [0.5, 0.6) is 5.75 Å². The number of hydrogen-bond donors (Lipinski definition) is 1. The van der Waals surface area contributed by atoms with E-state index in [1.165, 1.54) is 0 Å². The SMILES string of the molecule is CCOC(C(=O)O)C(C)c1ccc(OC/C=C/C#CC2(OC)C=CC=C(OC)C2)cc1. The van der Waals surface area contributed by atoms with Gasteiger partial charge in [-0.25, -0.2) is 4.79 Å². The normalized spacial score (nSPS) is 19.8. The van der Waals surface area contributed by atoms with Crippen LogP contribution < -0.4 is 4.74 Å². The molecule has 0 fully saturated rings. The molecule has 0 amide bonds. The molecule has 0 bridgehead atoms. The van der Waals surface area contributed by atoms with E-state index in [2.05, 4.69) is 11.8 Å². The minimum absolute atomic E-state index is 0.267. The maximum absolute atomic E-state index is 11.4. The number of aliphatic carboxylic acids is 1. The maximum Gasteiger partial charge on any atom is 0.333 e. The standard InChI is InChI=1S/C25H30O6/c1-5-30-23(24(26)27)19(2)20-11-13-21(14-12-20)31-17-8-6-7-15-25(29-4)16-9-10-22(18-25)28-3/h6,8-14,16,19,23H,5,17-18H2,1-4H3,(H,26,27)/b8-6+. The Hall–Kier alpha value is -3.01. The van der Waals surface area contributed by atoms with Crippen LogP contribution in [0, 0.1) is 11.8 Å². The number of hydrogen-bond acceptors (Lipinski definition) is 5. The molecule has 0 saturated heterocycles. The van der Waals surface area contributed by atoms with Gasteiger partial charge in [-0.1, -0.05) is 37.0 Å². The molecule has 0 radical (unpaired) electrons. The first-order valence-electron chi connectivity index (χ1n) is 10.2. The van der Waals surface area contributed by atoms with Crippen molar-refractivity contribution >= 4 is 5.97 Å². The Bertz CT molecular complexity index is 872. The van der Waals surface area contributed by atoms with Crippen LogP contribution in [0.2, 0.25) is 0 Å². The van der Waals surface area contributed by atoms with E-state index in [1.54, 1.807) is 27.2 Å². The van der Waals surface area contributed by atoms with Crippen molar-refractivity contribution in [3.63, 3.8) is 0 Å². The van der Waals surface area contributed by atoms with Gasteiger partial charge in [-0.15, -0.1) is 0 Å². The molecule has 166 valence electrons. The van der Waals surface area contributed by atoms with E-state index in [9.17, 15) is 9.90 Å². The molecule has 6 nitrogen and oxygen atoms in total. The van der Waals surface area contributed by atoms with Crippen LogP contribution in [0.25, 0.3) is 0 Å². The molecule has 1 aromatic rings. The number of rotatable bonds is 10. The van der Waals surface area contributed by atoms with Crippen LogP contribution in [0.15, 0.2) is 60.4 Å². The molecule has 0 aliphatic heterocycles. The second-order valence-electron chi connectivity index (χ2n) is 7.02. The molecule has 31 heavy (non-hydrogen) atoms. The van der Waals surface area contributed by atoms with Crippen LogP contribution >= 0.6 is 0 Å². The van der Waals surface area contributed by atoms with E-state index in [0.717, 1.165) is 11.3 Å². The molecular formula is C25H30O6. The molecule has 0 aromatic heterocycles. The van der Waals surface area contributed by atoms with E-state index in [1.807, 2.05) is 55.5 Å². The molecule has 2 rings (SSSR count). The fourth-order valence-electron chi connectivity index (χ4n) is 3.17. The van der Waals surface area contributed by atoms with Crippen LogP contribution in [0.4, 0.5) is 0 Å². The Morgan fingerprint density at radius 3 is 2.65 bits per heavy atom. The number of benzene rings is 1. The van der Waals surface area contributed by atoms with Crippen molar-refractivity contribution in [3.8, 4) is 17.6 Å². The van der Waals surface area contributed by atoms with Gasteiger partial charge in [0.1, 0.15) is 12.4 Å². The largest absolute Gasteiger partial charge is 0.501 e. The molecule has 0 spiro atoms. The summed E-state index contributed by atoms with van der Waals surface area (Å²) >= 11 is 0. The Morgan fingerprint density at radius 1 is 1.29 bits per heavy atom. The third kappa shape index (κ3) is 7.02. The molecule has 0 heterocycles. The minimum Gasteiger partial charge on any atom is -0.501 e. The topological polar surface area (TPSA) is 74.2 Å². The molecule has 0 saturated carbocycles. The number of carbonyl (C=O) groups is 1. The van der Waals surface area contributed by atoms with Gasteiger partial charge in [-0.05, 0) is 48.9 Å². The first kappa shape index (κ1) is 24.3. The van der Waals surface area contributed by atoms with Crippen molar-refractivity contribution < 1.29 is 28.8 Å². The number of methoxy groups -OCH3 is 2. The lowest BCUT2D eigenvalue weighted by molar-refractivity contribution is -0.151. The quantitative estimate of drug-likeness (QED) is 0.568. The van der Waals surface area contributed by atoms with Crippen molar-refractivity contribution in [2.75, 3.05) is 27.4 Å². The first-order valence-corrected chi connectivity index (χ1v) is 10.2. The first-order chi connectivity index (χ1) is 14.9. The maximum atomic E-state index is 11.4. The van der Waals surface area contributed by atoms with Crippen molar-refractivity contribution in [1.82, 2.24) is 0 Å². The predicted molar refractivity (Wildman–Crippen MR) is 119 cm³/mol. The minimum atomic E-state index is -0.964. The molecule has 3 atom stereocenters. The summed E-state index contributed by atoms with van der Waals surface area (Å²) in [6.07, 6.45) is 8.93. The van der Waals surface area contributed by atoms with E-state index in [0.29, 0.717) is 25.4 Å². The summed E-state index contributed by atoms with van der Waals surface area (Å²) in [7, 11) is 3.26. The summed E-state index contributed by atoms with van der Waals surface area (Å²) < 4.78 is 21.9. The lowest BCUT2D eigenvalue weighted by Gasteiger charge is -2.26. The van der Waals surface area contributed by atoms with Crippen LogP contribution in [-0.2, 0) is 19.0 Å². The number of carboxylic acids is 1. The van der Waals surface area contributed by atoms with Crippen LogP contribution in [0.3, 0.4) is 0 Å². The third-order valence-electron chi connectivity index (χ3n) is 4.99. The van der Waals surface area contributed by atoms with Crippen LogP contribution in [0.1, 0.15) is 31.7 Å². The lowest BCUT2D eigenvalue weighted by atomic mass is 9.94. The Labute approximate surface area is 184 Å². The Kier molecular flexibility index (Phi) is 9.39. The van der Waals surface area contributed by atoms with Gasteiger partial charge in [0.15, 0.2) is 11.7 Å². The summed E-state index contributed by atoms with van der Waals surface area (Å²) in [4.78, 5) is 11.4. The number of ether oxygens (including phenoxy) is 4. The average Bonchev–Trinajstić information content (AvgIpc) is 2.79. The Balaban J connectivity index is 1.89. The van der Waals surface area contributed by atoms with E-state index >= 15 is 0 Å². The third-order valence-corrected chi connectivity index (χ3v) is 4.99. The fraction of sp³-hybridized carbons (Fsp3) is 0.400. The van der Waals surface area contributed by atoms with E-state index < -0.39 is 17.7 Å². The fourth-order valence-corrected chi connectivity index (χ4v) is 3.17.